The number of fused-ring (bicyclic) bond motifs is 1. The van der Waals surface area contributed by atoms with Gasteiger partial charge in [-0.15, -0.1) is 0 Å². The molecule has 134 valence electrons. The Bertz CT molecular complexity index is 688. The van der Waals surface area contributed by atoms with Gasteiger partial charge in [0.25, 0.3) is 0 Å². The Labute approximate surface area is 151 Å². The lowest BCUT2D eigenvalue weighted by atomic mass is 10.2. The molecule has 0 N–H and O–H groups in total. The number of thiazole rings is 1. The second kappa shape index (κ2) is 7.68. The Morgan fingerprint density at radius 2 is 2.12 bits per heavy atom. The molecule has 0 bridgehead atoms. The van der Waals surface area contributed by atoms with Crippen molar-refractivity contribution in [2.45, 2.75) is 18.9 Å². The smallest absolute Gasteiger partial charge is 0.248 e. The molecule has 0 spiro atoms. The molecule has 25 heavy (non-hydrogen) atoms. The van der Waals surface area contributed by atoms with E-state index in [0.717, 1.165) is 56.3 Å². The number of carbonyl (C=O) groups excluding carboxylic acids is 1. The Morgan fingerprint density at radius 3 is 2.88 bits per heavy atom. The van der Waals surface area contributed by atoms with Crippen LogP contribution in [0.25, 0.3) is 10.2 Å². The lowest BCUT2D eigenvalue weighted by Crippen LogP contribution is -2.49. The fraction of sp³-hybridized carbons (Fsp3) is 0.556. The van der Waals surface area contributed by atoms with Crippen LogP contribution in [0.4, 0.5) is 5.13 Å². The van der Waals surface area contributed by atoms with E-state index in [0.29, 0.717) is 6.61 Å². The highest BCUT2D eigenvalue weighted by molar-refractivity contribution is 7.22. The molecule has 3 heterocycles. The highest BCUT2D eigenvalue weighted by Crippen LogP contribution is 2.29. The predicted octanol–water partition coefficient (Wildman–Crippen LogP) is 2.14. The van der Waals surface area contributed by atoms with E-state index in [1.807, 2.05) is 23.1 Å². The maximum atomic E-state index is 12.3. The van der Waals surface area contributed by atoms with Gasteiger partial charge in [0.05, 0.1) is 22.9 Å². The van der Waals surface area contributed by atoms with Gasteiger partial charge in [-0.05, 0) is 25.0 Å². The van der Waals surface area contributed by atoms with Crippen LogP contribution in [0.3, 0.4) is 0 Å². The molecule has 2 fully saturated rings. The fourth-order valence-corrected chi connectivity index (χ4v) is 4.30. The number of rotatable bonds is 5. The number of nitrogens with zero attached hydrogens (tertiary/aromatic N) is 3. The summed E-state index contributed by atoms with van der Waals surface area (Å²) < 4.78 is 12.3. The highest BCUT2D eigenvalue weighted by Gasteiger charge is 2.23. The van der Waals surface area contributed by atoms with Gasteiger partial charge in [-0.25, -0.2) is 4.98 Å². The number of ether oxygens (including phenoxy) is 2. The van der Waals surface area contributed by atoms with Gasteiger partial charge in [0, 0.05) is 32.8 Å². The van der Waals surface area contributed by atoms with Crippen LogP contribution >= 0.6 is 11.3 Å². The van der Waals surface area contributed by atoms with Crippen molar-refractivity contribution in [1.82, 2.24) is 9.88 Å². The van der Waals surface area contributed by atoms with Crippen molar-refractivity contribution in [2.75, 3.05) is 50.9 Å². The van der Waals surface area contributed by atoms with Gasteiger partial charge in [0.15, 0.2) is 5.13 Å². The van der Waals surface area contributed by atoms with Crippen molar-refractivity contribution in [1.29, 1.82) is 0 Å². The van der Waals surface area contributed by atoms with Crippen molar-refractivity contribution in [3.8, 4) is 0 Å². The first-order chi connectivity index (χ1) is 12.3. The molecule has 4 rings (SSSR count). The molecular formula is C18H23N3O3S. The molecule has 1 unspecified atom stereocenters. The Kier molecular flexibility index (Phi) is 5.14. The van der Waals surface area contributed by atoms with E-state index in [9.17, 15) is 4.79 Å². The SMILES string of the molecule is O=C(COCC1CCCO1)N1CCN(c2nc3ccccc3s2)CC1. The number of anilines is 1. The maximum Gasteiger partial charge on any atom is 0.248 e. The monoisotopic (exact) mass is 361 g/mol. The van der Waals surface area contributed by atoms with Gasteiger partial charge in [-0.2, -0.15) is 0 Å². The maximum absolute atomic E-state index is 12.3. The van der Waals surface area contributed by atoms with Gasteiger partial charge in [-0.3, -0.25) is 4.79 Å². The van der Waals surface area contributed by atoms with Gasteiger partial charge in [-0.1, -0.05) is 23.5 Å². The van der Waals surface area contributed by atoms with Crippen molar-refractivity contribution >= 4 is 32.6 Å². The van der Waals surface area contributed by atoms with Crippen LogP contribution in [-0.4, -0.2) is 67.9 Å². The number of aromatic nitrogens is 1. The van der Waals surface area contributed by atoms with Crippen molar-refractivity contribution in [3.63, 3.8) is 0 Å². The number of amides is 1. The standard InChI is InChI=1S/C18H23N3O3S/c22-17(13-23-12-14-4-3-11-24-14)20-7-9-21(10-8-20)18-19-15-5-1-2-6-16(15)25-18/h1-2,5-6,14H,3-4,7-13H2. The minimum absolute atomic E-state index is 0.0712. The summed E-state index contributed by atoms with van der Waals surface area (Å²) in [6.07, 6.45) is 2.30. The van der Waals surface area contributed by atoms with Crippen LogP contribution in [0.2, 0.25) is 0 Å². The minimum atomic E-state index is 0.0712. The van der Waals surface area contributed by atoms with Crippen LogP contribution in [0.1, 0.15) is 12.8 Å². The van der Waals surface area contributed by atoms with Gasteiger partial charge >= 0.3 is 0 Å². The molecule has 1 amide bonds. The van der Waals surface area contributed by atoms with Gasteiger partial charge in [0.2, 0.25) is 5.91 Å². The van der Waals surface area contributed by atoms with Crippen LogP contribution in [0.15, 0.2) is 24.3 Å². The summed E-state index contributed by atoms with van der Waals surface area (Å²) in [7, 11) is 0. The summed E-state index contributed by atoms with van der Waals surface area (Å²) in [5.41, 5.74) is 1.04. The number of para-hydroxylation sites is 1. The van der Waals surface area contributed by atoms with Crippen LogP contribution in [0.5, 0.6) is 0 Å². The van der Waals surface area contributed by atoms with Crippen LogP contribution in [-0.2, 0) is 14.3 Å². The Hall–Kier alpha value is -1.70. The average molecular weight is 361 g/mol. The topological polar surface area (TPSA) is 54.9 Å². The molecule has 2 aromatic rings. The van der Waals surface area contributed by atoms with E-state index in [2.05, 4.69) is 11.0 Å². The summed E-state index contributed by atoms with van der Waals surface area (Å²) in [5.74, 6) is 0.0712. The lowest BCUT2D eigenvalue weighted by Gasteiger charge is -2.34. The second-order valence-electron chi connectivity index (χ2n) is 6.48. The molecule has 1 atom stereocenters. The van der Waals surface area contributed by atoms with E-state index in [4.69, 9.17) is 14.5 Å². The molecule has 0 radical (unpaired) electrons. The third kappa shape index (κ3) is 3.94. The molecule has 1 aromatic carbocycles. The first-order valence-corrected chi connectivity index (χ1v) is 9.69. The average Bonchev–Trinajstić information content (AvgIpc) is 3.31. The van der Waals surface area contributed by atoms with Gasteiger partial charge < -0.3 is 19.3 Å². The second-order valence-corrected chi connectivity index (χ2v) is 7.49. The lowest BCUT2D eigenvalue weighted by molar-refractivity contribution is -0.137. The fourth-order valence-electron chi connectivity index (χ4n) is 3.29. The molecule has 1 aromatic heterocycles. The molecule has 2 saturated heterocycles. The Balaban J connectivity index is 1.25. The molecule has 6 nitrogen and oxygen atoms in total. The summed E-state index contributed by atoms with van der Waals surface area (Å²) in [5, 5.41) is 1.04. The largest absolute Gasteiger partial charge is 0.376 e. The number of benzene rings is 1. The molecule has 7 heteroatoms. The van der Waals surface area contributed by atoms with Gasteiger partial charge in [0.1, 0.15) is 6.61 Å². The molecule has 0 saturated carbocycles. The van der Waals surface area contributed by atoms with Crippen molar-refractivity contribution in [2.24, 2.45) is 0 Å². The van der Waals surface area contributed by atoms with E-state index in [1.165, 1.54) is 4.70 Å². The minimum Gasteiger partial charge on any atom is -0.376 e. The summed E-state index contributed by atoms with van der Waals surface area (Å²) in [6, 6.07) is 8.19. The van der Waals surface area contributed by atoms with E-state index in [-0.39, 0.29) is 18.6 Å². The van der Waals surface area contributed by atoms with E-state index < -0.39 is 0 Å². The van der Waals surface area contributed by atoms with E-state index in [1.54, 1.807) is 11.3 Å². The van der Waals surface area contributed by atoms with Crippen molar-refractivity contribution < 1.29 is 14.3 Å². The summed E-state index contributed by atoms with van der Waals surface area (Å²) in [4.78, 5) is 21.1. The highest BCUT2D eigenvalue weighted by atomic mass is 32.1. The zero-order chi connectivity index (χ0) is 17.1. The number of hydrogen-bond acceptors (Lipinski definition) is 6. The molecular weight excluding hydrogens is 338 g/mol. The van der Waals surface area contributed by atoms with Crippen LogP contribution < -0.4 is 4.90 Å². The zero-order valence-electron chi connectivity index (χ0n) is 14.2. The number of carbonyl (C=O) groups is 1. The number of hydrogen-bond donors (Lipinski definition) is 0. The quantitative estimate of drug-likeness (QED) is 0.817. The van der Waals surface area contributed by atoms with E-state index >= 15 is 0 Å². The van der Waals surface area contributed by atoms with Crippen LogP contribution in [0, 0.1) is 0 Å². The zero-order valence-corrected chi connectivity index (χ0v) is 15.0. The summed E-state index contributed by atoms with van der Waals surface area (Å²) in [6.45, 7) is 4.57. The first-order valence-electron chi connectivity index (χ1n) is 8.87. The number of piperazine rings is 1. The summed E-state index contributed by atoms with van der Waals surface area (Å²) >= 11 is 1.71. The molecule has 0 aliphatic carbocycles. The molecule has 2 aliphatic heterocycles. The first kappa shape index (κ1) is 16.8. The van der Waals surface area contributed by atoms with Crippen molar-refractivity contribution in [3.05, 3.63) is 24.3 Å². The predicted molar refractivity (Wildman–Crippen MR) is 98.2 cm³/mol. The Morgan fingerprint density at radius 1 is 1.28 bits per heavy atom. The third-order valence-corrected chi connectivity index (χ3v) is 5.84. The third-order valence-electron chi connectivity index (χ3n) is 4.74. The normalized spacial score (nSPS) is 21.2. The molecule has 2 aliphatic rings.